The Morgan fingerprint density at radius 2 is 1.85 bits per heavy atom. The number of thiophene rings is 1. The molecule has 2 aromatic carbocycles. The van der Waals surface area contributed by atoms with Gasteiger partial charge in [0.05, 0.1) is 22.2 Å². The molecule has 2 N–H and O–H groups in total. The van der Waals surface area contributed by atoms with Gasteiger partial charge in [-0.15, -0.1) is 11.3 Å². The monoisotopic (exact) mass is 417 g/mol. The molecular weight excluding hydrogens is 406 g/mol. The highest BCUT2D eigenvalue weighted by Crippen LogP contribution is 2.27. The molecule has 136 valence electrons. The molecule has 0 atom stereocenters. The average molecular weight is 418 g/mol. The van der Waals surface area contributed by atoms with Crippen LogP contribution in [0.5, 0.6) is 0 Å². The molecule has 0 bridgehead atoms. The molecule has 1 aromatic heterocycles. The third-order valence-electron chi connectivity index (χ3n) is 3.49. The van der Waals surface area contributed by atoms with Gasteiger partial charge < -0.3 is 5.32 Å². The standard InChI is InChI=1S/C18H12ClN3O3S2/c19-13-2-1-3-14(10-13)21-18(23)17-16(8-9-26-17)22-27(24,25)15-6-4-12(11-20)5-7-15/h1-10,22H,(H,21,23). The maximum Gasteiger partial charge on any atom is 0.267 e. The quantitative estimate of drug-likeness (QED) is 0.645. The van der Waals surface area contributed by atoms with Gasteiger partial charge >= 0.3 is 0 Å². The Bertz CT molecular complexity index is 1130. The predicted molar refractivity (Wildman–Crippen MR) is 106 cm³/mol. The van der Waals surface area contributed by atoms with E-state index in [1.165, 1.54) is 30.3 Å². The molecule has 0 radical (unpaired) electrons. The number of hydrogen-bond acceptors (Lipinski definition) is 5. The van der Waals surface area contributed by atoms with Crippen molar-refractivity contribution in [2.75, 3.05) is 10.0 Å². The van der Waals surface area contributed by atoms with Gasteiger partial charge in [0.2, 0.25) is 0 Å². The number of nitrogens with one attached hydrogen (secondary N) is 2. The number of nitriles is 1. The second-order valence-corrected chi connectivity index (χ2v) is 8.40. The van der Waals surface area contributed by atoms with Gasteiger partial charge in [-0.3, -0.25) is 9.52 Å². The first-order chi connectivity index (χ1) is 12.9. The molecule has 1 amide bonds. The van der Waals surface area contributed by atoms with Crippen molar-refractivity contribution in [3.05, 3.63) is 75.4 Å². The normalized spacial score (nSPS) is 10.8. The molecule has 0 spiro atoms. The van der Waals surface area contributed by atoms with Gasteiger partial charge in [0.15, 0.2) is 0 Å². The van der Waals surface area contributed by atoms with Crippen LogP contribution >= 0.6 is 22.9 Å². The number of amides is 1. The minimum atomic E-state index is -3.90. The van der Waals surface area contributed by atoms with E-state index in [4.69, 9.17) is 16.9 Å². The van der Waals surface area contributed by atoms with Gasteiger partial charge in [0.1, 0.15) is 4.88 Å². The Labute approximate surface area is 165 Å². The minimum absolute atomic E-state index is 0.00565. The minimum Gasteiger partial charge on any atom is -0.321 e. The van der Waals surface area contributed by atoms with Crippen LogP contribution in [-0.2, 0) is 10.0 Å². The zero-order chi connectivity index (χ0) is 19.4. The van der Waals surface area contributed by atoms with E-state index in [9.17, 15) is 13.2 Å². The van der Waals surface area contributed by atoms with Crippen LogP contribution in [0.25, 0.3) is 0 Å². The van der Waals surface area contributed by atoms with Crippen molar-refractivity contribution < 1.29 is 13.2 Å². The van der Waals surface area contributed by atoms with E-state index in [0.717, 1.165) is 11.3 Å². The summed E-state index contributed by atoms with van der Waals surface area (Å²) in [5.74, 6) is -0.454. The van der Waals surface area contributed by atoms with Crippen LogP contribution in [-0.4, -0.2) is 14.3 Å². The third-order valence-corrected chi connectivity index (χ3v) is 6.02. The van der Waals surface area contributed by atoms with Crippen LogP contribution in [0.15, 0.2) is 64.9 Å². The second-order valence-electron chi connectivity index (χ2n) is 5.37. The number of rotatable bonds is 5. The predicted octanol–water partition coefficient (Wildman–Crippen LogP) is 4.33. The summed E-state index contributed by atoms with van der Waals surface area (Å²) in [7, 11) is -3.90. The molecule has 0 fully saturated rings. The summed E-state index contributed by atoms with van der Waals surface area (Å²) in [5, 5.41) is 13.6. The molecule has 0 saturated heterocycles. The van der Waals surface area contributed by atoms with Gasteiger partial charge in [0, 0.05) is 10.7 Å². The van der Waals surface area contributed by atoms with Crippen molar-refractivity contribution in [2.45, 2.75) is 4.90 Å². The van der Waals surface area contributed by atoms with Crippen LogP contribution in [0.1, 0.15) is 15.2 Å². The van der Waals surface area contributed by atoms with E-state index >= 15 is 0 Å². The van der Waals surface area contributed by atoms with Gasteiger partial charge in [-0.05, 0) is 53.9 Å². The summed E-state index contributed by atoms with van der Waals surface area (Å²) in [6.45, 7) is 0. The number of sulfonamides is 1. The van der Waals surface area contributed by atoms with E-state index in [0.29, 0.717) is 16.3 Å². The van der Waals surface area contributed by atoms with Crippen molar-refractivity contribution in [1.29, 1.82) is 5.26 Å². The molecule has 1 heterocycles. The smallest absolute Gasteiger partial charge is 0.267 e. The maximum atomic E-state index is 12.5. The Morgan fingerprint density at radius 3 is 2.52 bits per heavy atom. The Morgan fingerprint density at radius 1 is 1.11 bits per heavy atom. The Hall–Kier alpha value is -2.86. The number of carbonyl (C=O) groups excluding carboxylic acids is 1. The van der Waals surface area contributed by atoms with E-state index in [-0.39, 0.29) is 15.5 Å². The Balaban J connectivity index is 1.81. The zero-order valence-electron chi connectivity index (χ0n) is 13.6. The molecule has 6 nitrogen and oxygen atoms in total. The molecule has 3 rings (SSSR count). The van der Waals surface area contributed by atoms with Gasteiger partial charge in [-0.2, -0.15) is 5.26 Å². The van der Waals surface area contributed by atoms with Gasteiger partial charge in [0.25, 0.3) is 15.9 Å². The van der Waals surface area contributed by atoms with Crippen LogP contribution < -0.4 is 10.0 Å². The van der Waals surface area contributed by atoms with Crippen molar-refractivity contribution in [1.82, 2.24) is 0 Å². The molecule has 3 aromatic rings. The van der Waals surface area contributed by atoms with E-state index in [2.05, 4.69) is 10.0 Å². The number of nitrogens with zero attached hydrogens (tertiary/aromatic N) is 1. The van der Waals surface area contributed by atoms with Crippen molar-refractivity contribution >= 4 is 50.2 Å². The molecule has 0 aliphatic rings. The lowest BCUT2D eigenvalue weighted by atomic mass is 10.2. The second kappa shape index (κ2) is 7.80. The fraction of sp³-hybridized carbons (Fsp3) is 0. The Kier molecular flexibility index (Phi) is 5.46. The SMILES string of the molecule is N#Cc1ccc(S(=O)(=O)Nc2ccsc2C(=O)Nc2cccc(Cl)c2)cc1. The van der Waals surface area contributed by atoms with Crippen LogP contribution in [0.2, 0.25) is 5.02 Å². The fourth-order valence-corrected chi connectivity index (χ4v) is 4.30. The maximum absolute atomic E-state index is 12.5. The summed E-state index contributed by atoms with van der Waals surface area (Å²) in [5.41, 5.74) is 1.02. The highest BCUT2D eigenvalue weighted by atomic mass is 35.5. The topological polar surface area (TPSA) is 99.1 Å². The molecule has 0 saturated carbocycles. The highest BCUT2D eigenvalue weighted by Gasteiger charge is 2.20. The first kappa shape index (κ1) is 18.9. The molecule has 9 heteroatoms. The molecule has 0 aliphatic carbocycles. The molecular formula is C18H12ClN3O3S2. The van der Waals surface area contributed by atoms with Crippen molar-refractivity contribution in [2.24, 2.45) is 0 Å². The summed E-state index contributed by atoms with van der Waals surface area (Å²) in [4.78, 5) is 12.7. The van der Waals surface area contributed by atoms with Crippen LogP contribution in [0.3, 0.4) is 0 Å². The van der Waals surface area contributed by atoms with Gasteiger partial charge in [-0.1, -0.05) is 17.7 Å². The third kappa shape index (κ3) is 4.46. The number of anilines is 2. The first-order valence-electron chi connectivity index (χ1n) is 7.56. The fourth-order valence-electron chi connectivity index (χ4n) is 2.23. The number of carbonyl (C=O) groups is 1. The zero-order valence-corrected chi connectivity index (χ0v) is 16.0. The van der Waals surface area contributed by atoms with E-state index < -0.39 is 15.9 Å². The van der Waals surface area contributed by atoms with Gasteiger partial charge in [-0.25, -0.2) is 8.42 Å². The first-order valence-corrected chi connectivity index (χ1v) is 10.3. The largest absolute Gasteiger partial charge is 0.321 e. The van der Waals surface area contributed by atoms with E-state index in [1.54, 1.807) is 29.6 Å². The summed E-state index contributed by atoms with van der Waals surface area (Å²) in [6.07, 6.45) is 0. The number of halogens is 1. The van der Waals surface area contributed by atoms with Crippen molar-refractivity contribution in [3.63, 3.8) is 0 Å². The number of hydrogen-bond donors (Lipinski definition) is 2. The molecule has 27 heavy (non-hydrogen) atoms. The highest BCUT2D eigenvalue weighted by molar-refractivity contribution is 7.92. The summed E-state index contributed by atoms with van der Waals surface area (Å²) < 4.78 is 27.5. The lowest BCUT2D eigenvalue weighted by molar-refractivity contribution is 0.103. The average Bonchev–Trinajstić information content (AvgIpc) is 3.09. The van der Waals surface area contributed by atoms with Crippen LogP contribution in [0.4, 0.5) is 11.4 Å². The van der Waals surface area contributed by atoms with E-state index in [1.807, 2.05) is 6.07 Å². The number of benzene rings is 2. The lowest BCUT2D eigenvalue weighted by Gasteiger charge is -2.10. The van der Waals surface area contributed by atoms with Crippen molar-refractivity contribution in [3.8, 4) is 6.07 Å². The molecule has 0 unspecified atom stereocenters. The summed E-state index contributed by atoms with van der Waals surface area (Å²) >= 11 is 7.01. The van der Waals surface area contributed by atoms with Crippen LogP contribution in [0, 0.1) is 11.3 Å². The lowest BCUT2D eigenvalue weighted by Crippen LogP contribution is -2.17. The summed E-state index contributed by atoms with van der Waals surface area (Å²) in [6, 6.07) is 15.6. The molecule has 0 aliphatic heterocycles.